The lowest BCUT2D eigenvalue weighted by Crippen LogP contribution is -2.00. The molecule has 0 atom stereocenters. The van der Waals surface area contributed by atoms with E-state index in [9.17, 15) is 0 Å². The van der Waals surface area contributed by atoms with Gasteiger partial charge in [-0.05, 0) is 74.8 Å². The van der Waals surface area contributed by atoms with Crippen molar-refractivity contribution in [2.24, 2.45) is 0 Å². The Morgan fingerprint density at radius 2 is 0.509 bits per heavy atom. The number of fused-ring (bicyclic) bond motifs is 3. The molecule has 55 heavy (non-hydrogen) atoms. The van der Waals surface area contributed by atoms with Crippen LogP contribution in [0.5, 0.6) is 0 Å². The fourth-order valence-corrected chi connectivity index (χ4v) is 7.23. The van der Waals surface area contributed by atoms with Crippen LogP contribution in [-0.4, -0.2) is 15.0 Å². The SMILES string of the molecule is c1ccc(-c2ccc(-c3ccc(-c4nc(-c5ccccc5)nc(-c5ccc6oc7ccc(-c8ccc(-c9ccccc9)cc8)cc7c6c5)n4)cc3)cc2)cc1. The number of benzene rings is 8. The van der Waals surface area contributed by atoms with Crippen LogP contribution in [0.4, 0.5) is 0 Å². The van der Waals surface area contributed by atoms with Gasteiger partial charge in [-0.2, -0.15) is 0 Å². The molecule has 0 aliphatic rings. The number of rotatable bonds is 7. The molecular weight excluding hydrogens is 671 g/mol. The van der Waals surface area contributed by atoms with E-state index in [1.807, 2.05) is 54.6 Å². The molecule has 0 spiro atoms. The Bertz CT molecular complexity index is 2920. The molecule has 0 fully saturated rings. The monoisotopic (exact) mass is 703 g/mol. The summed E-state index contributed by atoms with van der Waals surface area (Å²) in [4.78, 5) is 15.1. The molecule has 2 aromatic heterocycles. The highest BCUT2D eigenvalue weighted by molar-refractivity contribution is 6.07. The molecule has 8 aromatic carbocycles. The predicted molar refractivity (Wildman–Crippen MR) is 225 cm³/mol. The maximum absolute atomic E-state index is 6.32. The largest absolute Gasteiger partial charge is 0.456 e. The Labute approximate surface area is 319 Å². The van der Waals surface area contributed by atoms with Crippen molar-refractivity contribution in [3.05, 3.63) is 200 Å². The Morgan fingerprint density at radius 1 is 0.236 bits per heavy atom. The van der Waals surface area contributed by atoms with Crippen LogP contribution in [0.3, 0.4) is 0 Å². The van der Waals surface area contributed by atoms with Gasteiger partial charge in [0.05, 0.1) is 0 Å². The third kappa shape index (κ3) is 6.36. The summed E-state index contributed by atoms with van der Waals surface area (Å²) >= 11 is 0. The first-order chi connectivity index (χ1) is 27.2. The van der Waals surface area contributed by atoms with E-state index in [-0.39, 0.29) is 0 Å². The van der Waals surface area contributed by atoms with Crippen LogP contribution in [0.2, 0.25) is 0 Å². The normalized spacial score (nSPS) is 11.3. The molecule has 4 heteroatoms. The molecule has 258 valence electrons. The zero-order valence-electron chi connectivity index (χ0n) is 29.8. The standard InChI is InChI=1S/C51H33N3O/c1-4-10-34(11-5-1)36-16-18-38(19-17-36)39-24-26-42(27-25-39)50-52-49(41-14-8-3-9-15-41)53-51(54-50)44-29-31-48-46(33-44)45-32-43(28-30-47(45)55-48)40-22-20-37(21-23-40)35-12-6-2-7-13-35/h1-33H. The molecule has 0 aliphatic carbocycles. The molecule has 0 unspecified atom stereocenters. The van der Waals surface area contributed by atoms with Crippen LogP contribution in [0, 0.1) is 0 Å². The van der Waals surface area contributed by atoms with Gasteiger partial charge in [-0.25, -0.2) is 15.0 Å². The van der Waals surface area contributed by atoms with E-state index in [2.05, 4.69) is 146 Å². The summed E-state index contributed by atoms with van der Waals surface area (Å²) in [5, 5.41) is 2.06. The highest BCUT2D eigenvalue weighted by Gasteiger charge is 2.16. The number of hydrogen-bond donors (Lipinski definition) is 0. The second-order valence-electron chi connectivity index (χ2n) is 13.7. The van der Waals surface area contributed by atoms with Gasteiger partial charge in [0.25, 0.3) is 0 Å². The Morgan fingerprint density at radius 3 is 0.945 bits per heavy atom. The zero-order valence-corrected chi connectivity index (χ0v) is 29.8. The van der Waals surface area contributed by atoms with E-state index in [0.29, 0.717) is 17.5 Å². The minimum Gasteiger partial charge on any atom is -0.456 e. The maximum atomic E-state index is 6.32. The number of furan rings is 1. The Balaban J connectivity index is 1.01. The van der Waals surface area contributed by atoms with Crippen molar-refractivity contribution in [1.82, 2.24) is 15.0 Å². The molecule has 4 nitrogen and oxygen atoms in total. The average molecular weight is 704 g/mol. The van der Waals surface area contributed by atoms with E-state index >= 15 is 0 Å². The van der Waals surface area contributed by atoms with E-state index in [1.165, 1.54) is 22.3 Å². The highest BCUT2D eigenvalue weighted by Crippen LogP contribution is 2.36. The number of hydrogen-bond acceptors (Lipinski definition) is 4. The van der Waals surface area contributed by atoms with Gasteiger partial charge in [-0.1, -0.05) is 170 Å². The van der Waals surface area contributed by atoms with Crippen LogP contribution in [0.1, 0.15) is 0 Å². The van der Waals surface area contributed by atoms with Crippen LogP contribution >= 0.6 is 0 Å². The lowest BCUT2D eigenvalue weighted by molar-refractivity contribution is 0.669. The Hall–Kier alpha value is -7.43. The summed E-state index contributed by atoms with van der Waals surface area (Å²) in [6, 6.07) is 69.4. The Kier molecular flexibility index (Phi) is 8.12. The van der Waals surface area contributed by atoms with E-state index < -0.39 is 0 Å². The molecular formula is C51H33N3O. The van der Waals surface area contributed by atoms with Gasteiger partial charge in [0, 0.05) is 27.5 Å². The molecule has 0 N–H and O–H groups in total. The lowest BCUT2D eigenvalue weighted by Gasteiger charge is -2.10. The molecule has 0 bridgehead atoms. The van der Waals surface area contributed by atoms with Gasteiger partial charge in [-0.3, -0.25) is 0 Å². The minimum absolute atomic E-state index is 0.605. The summed E-state index contributed by atoms with van der Waals surface area (Å²) in [5.74, 6) is 1.85. The third-order valence-corrected chi connectivity index (χ3v) is 10.2. The average Bonchev–Trinajstić information content (AvgIpc) is 3.65. The van der Waals surface area contributed by atoms with Gasteiger partial charge in [0.2, 0.25) is 0 Å². The zero-order chi connectivity index (χ0) is 36.6. The second-order valence-corrected chi connectivity index (χ2v) is 13.7. The molecule has 0 amide bonds. The van der Waals surface area contributed by atoms with Crippen molar-refractivity contribution in [3.8, 4) is 78.7 Å². The van der Waals surface area contributed by atoms with Crippen molar-refractivity contribution >= 4 is 21.9 Å². The van der Waals surface area contributed by atoms with Gasteiger partial charge >= 0.3 is 0 Å². The van der Waals surface area contributed by atoms with Gasteiger partial charge in [0.15, 0.2) is 17.5 Å². The number of aromatic nitrogens is 3. The van der Waals surface area contributed by atoms with Gasteiger partial charge in [-0.15, -0.1) is 0 Å². The van der Waals surface area contributed by atoms with E-state index in [1.54, 1.807) is 0 Å². The van der Waals surface area contributed by atoms with Crippen LogP contribution in [-0.2, 0) is 0 Å². The molecule has 10 rings (SSSR count). The lowest BCUT2D eigenvalue weighted by atomic mass is 9.99. The van der Waals surface area contributed by atoms with Gasteiger partial charge in [0.1, 0.15) is 11.2 Å². The van der Waals surface area contributed by atoms with Crippen molar-refractivity contribution < 1.29 is 4.42 Å². The first-order valence-electron chi connectivity index (χ1n) is 18.4. The van der Waals surface area contributed by atoms with Crippen LogP contribution in [0.15, 0.2) is 205 Å². The highest BCUT2D eigenvalue weighted by atomic mass is 16.3. The van der Waals surface area contributed by atoms with Crippen molar-refractivity contribution in [2.45, 2.75) is 0 Å². The third-order valence-electron chi connectivity index (χ3n) is 10.2. The quantitative estimate of drug-likeness (QED) is 0.166. The summed E-state index contributed by atoms with van der Waals surface area (Å²) in [6.07, 6.45) is 0. The fraction of sp³-hybridized carbons (Fsp3) is 0. The molecule has 0 saturated heterocycles. The predicted octanol–water partition coefficient (Wildman–Crippen LogP) is 13.4. The van der Waals surface area contributed by atoms with Crippen molar-refractivity contribution in [3.63, 3.8) is 0 Å². The van der Waals surface area contributed by atoms with Crippen LogP contribution < -0.4 is 0 Å². The molecule has 0 aliphatic heterocycles. The summed E-state index contributed by atoms with van der Waals surface area (Å²) < 4.78 is 6.32. The molecule has 0 saturated carbocycles. The van der Waals surface area contributed by atoms with Crippen molar-refractivity contribution in [1.29, 1.82) is 0 Å². The smallest absolute Gasteiger partial charge is 0.164 e. The van der Waals surface area contributed by atoms with E-state index in [4.69, 9.17) is 19.4 Å². The number of nitrogens with zero attached hydrogens (tertiary/aromatic N) is 3. The maximum Gasteiger partial charge on any atom is 0.164 e. The first kappa shape index (κ1) is 32.2. The summed E-state index contributed by atoms with van der Waals surface area (Å²) in [7, 11) is 0. The first-order valence-corrected chi connectivity index (χ1v) is 18.4. The van der Waals surface area contributed by atoms with Crippen molar-refractivity contribution in [2.75, 3.05) is 0 Å². The van der Waals surface area contributed by atoms with E-state index in [0.717, 1.165) is 60.9 Å². The second kappa shape index (κ2) is 13.8. The van der Waals surface area contributed by atoms with Gasteiger partial charge < -0.3 is 4.42 Å². The summed E-state index contributed by atoms with van der Waals surface area (Å²) in [5.41, 5.74) is 13.8. The van der Waals surface area contributed by atoms with Crippen LogP contribution in [0.25, 0.3) is 101 Å². The topological polar surface area (TPSA) is 51.8 Å². The molecule has 2 heterocycles. The minimum atomic E-state index is 0.605. The summed E-state index contributed by atoms with van der Waals surface area (Å²) in [6.45, 7) is 0. The molecule has 0 radical (unpaired) electrons. The fourth-order valence-electron chi connectivity index (χ4n) is 7.23. The molecule has 10 aromatic rings.